The molecule has 0 aliphatic heterocycles. The number of nitro groups is 1. The highest BCUT2D eigenvalue weighted by atomic mass is 32.1. The van der Waals surface area contributed by atoms with Gasteiger partial charge in [-0.25, -0.2) is 4.98 Å². The van der Waals surface area contributed by atoms with Crippen LogP contribution in [-0.2, 0) is 12.8 Å². The maximum Gasteiger partial charge on any atom is 0.311 e. The molecule has 1 aromatic heterocycles. The molecule has 1 amide bonds. The van der Waals surface area contributed by atoms with Crippen LogP contribution in [0.4, 0.5) is 10.8 Å². The molecule has 1 N–H and O–H groups in total. The molecule has 1 aromatic carbocycles. The number of methoxy groups -OCH3 is 1. The average Bonchev–Trinajstić information content (AvgIpc) is 3.01. The number of carbonyl (C=O) groups is 1. The molecule has 27 heavy (non-hydrogen) atoms. The molecule has 1 aliphatic carbocycles. The van der Waals surface area contributed by atoms with Crippen molar-refractivity contribution >= 4 is 28.1 Å². The number of thiazole rings is 1. The van der Waals surface area contributed by atoms with Crippen LogP contribution in [0.5, 0.6) is 5.75 Å². The van der Waals surface area contributed by atoms with Gasteiger partial charge in [0.1, 0.15) is 0 Å². The maximum atomic E-state index is 12.5. The zero-order chi connectivity index (χ0) is 19.8. The fourth-order valence-electron chi connectivity index (χ4n) is 3.31. The monoisotopic (exact) mass is 389 g/mol. The fourth-order valence-corrected chi connectivity index (χ4v) is 4.39. The number of hydrogen-bond donors (Lipinski definition) is 1. The van der Waals surface area contributed by atoms with Crippen molar-refractivity contribution in [3.8, 4) is 5.75 Å². The molecule has 0 bridgehead atoms. The summed E-state index contributed by atoms with van der Waals surface area (Å²) in [4.78, 5) is 28.9. The second kappa shape index (κ2) is 7.26. The van der Waals surface area contributed by atoms with Crippen molar-refractivity contribution in [2.75, 3.05) is 12.4 Å². The second-order valence-corrected chi connectivity index (χ2v) is 8.88. The Morgan fingerprint density at radius 2 is 2.15 bits per heavy atom. The number of carbonyl (C=O) groups excluding carboxylic acids is 1. The normalized spacial score (nSPS) is 16.5. The molecule has 7 nitrogen and oxygen atoms in total. The summed E-state index contributed by atoms with van der Waals surface area (Å²) in [5.74, 6) is 0.298. The molecule has 2 aromatic rings. The number of nitrogens with zero attached hydrogens (tertiary/aromatic N) is 2. The zero-order valence-corrected chi connectivity index (χ0v) is 16.7. The molecule has 0 spiro atoms. The Bertz CT molecular complexity index is 886. The maximum absolute atomic E-state index is 12.5. The Balaban J connectivity index is 1.77. The third-order valence-electron chi connectivity index (χ3n) is 5.02. The van der Waals surface area contributed by atoms with Gasteiger partial charge in [0.05, 0.1) is 17.7 Å². The lowest BCUT2D eigenvalue weighted by molar-refractivity contribution is -0.385. The number of ether oxygens (including phenoxy) is 1. The SMILES string of the molecule is COc1ccc(C(=O)Nc2nc3c(s2)CC(C(C)(C)C)CC3)cc1[N+](=O)[O-]. The number of amides is 1. The second-order valence-electron chi connectivity index (χ2n) is 7.79. The van der Waals surface area contributed by atoms with Crippen LogP contribution >= 0.6 is 11.3 Å². The lowest BCUT2D eigenvalue weighted by atomic mass is 9.73. The van der Waals surface area contributed by atoms with Crippen molar-refractivity contribution in [3.05, 3.63) is 44.4 Å². The Morgan fingerprint density at radius 1 is 1.41 bits per heavy atom. The van der Waals surface area contributed by atoms with Crippen LogP contribution < -0.4 is 10.1 Å². The minimum absolute atomic E-state index is 0.120. The predicted molar refractivity (Wildman–Crippen MR) is 105 cm³/mol. The van der Waals surface area contributed by atoms with E-state index in [4.69, 9.17) is 4.74 Å². The average molecular weight is 389 g/mol. The van der Waals surface area contributed by atoms with E-state index in [1.54, 1.807) is 0 Å². The van der Waals surface area contributed by atoms with Crippen LogP contribution in [0.2, 0.25) is 0 Å². The van der Waals surface area contributed by atoms with Crippen LogP contribution in [0, 0.1) is 21.4 Å². The highest BCUT2D eigenvalue weighted by Crippen LogP contribution is 2.40. The number of benzene rings is 1. The van der Waals surface area contributed by atoms with Gasteiger partial charge in [0.25, 0.3) is 5.91 Å². The van der Waals surface area contributed by atoms with Gasteiger partial charge in [-0.15, -0.1) is 11.3 Å². The molecule has 1 heterocycles. The summed E-state index contributed by atoms with van der Waals surface area (Å²) >= 11 is 1.49. The van der Waals surface area contributed by atoms with Crippen LogP contribution in [0.1, 0.15) is 48.1 Å². The van der Waals surface area contributed by atoms with Gasteiger partial charge in [-0.3, -0.25) is 20.2 Å². The van der Waals surface area contributed by atoms with Gasteiger partial charge in [-0.1, -0.05) is 20.8 Å². The Labute approximate surface area is 161 Å². The third-order valence-corrected chi connectivity index (χ3v) is 6.06. The molecule has 1 unspecified atom stereocenters. The van der Waals surface area contributed by atoms with Gasteiger partial charge in [-0.2, -0.15) is 0 Å². The molecular weight excluding hydrogens is 366 g/mol. The van der Waals surface area contributed by atoms with E-state index in [-0.39, 0.29) is 22.4 Å². The molecule has 0 saturated heterocycles. The van der Waals surface area contributed by atoms with Crippen LogP contribution in [0.25, 0.3) is 0 Å². The Morgan fingerprint density at radius 3 is 2.78 bits per heavy atom. The molecule has 1 aliphatic rings. The number of rotatable bonds is 4. The number of nitro benzene ring substituents is 1. The van der Waals surface area contributed by atoms with Gasteiger partial charge in [0, 0.05) is 16.5 Å². The lowest BCUT2D eigenvalue weighted by Gasteiger charge is -2.33. The molecular formula is C19H23N3O4S. The van der Waals surface area contributed by atoms with Crippen molar-refractivity contribution in [2.45, 2.75) is 40.0 Å². The number of aryl methyl sites for hydroxylation is 1. The van der Waals surface area contributed by atoms with E-state index in [1.807, 2.05) is 0 Å². The fraction of sp³-hybridized carbons (Fsp3) is 0.474. The quantitative estimate of drug-likeness (QED) is 0.615. The summed E-state index contributed by atoms with van der Waals surface area (Å²) in [6.07, 6.45) is 2.98. The zero-order valence-electron chi connectivity index (χ0n) is 15.9. The van der Waals surface area contributed by atoms with E-state index in [2.05, 4.69) is 31.1 Å². The number of nitrogens with one attached hydrogen (secondary N) is 1. The van der Waals surface area contributed by atoms with E-state index in [9.17, 15) is 14.9 Å². The molecule has 0 saturated carbocycles. The van der Waals surface area contributed by atoms with Gasteiger partial charge >= 0.3 is 5.69 Å². The van der Waals surface area contributed by atoms with Crippen molar-refractivity contribution in [3.63, 3.8) is 0 Å². The molecule has 3 rings (SSSR count). The highest BCUT2D eigenvalue weighted by molar-refractivity contribution is 7.15. The third kappa shape index (κ3) is 4.10. The summed E-state index contributed by atoms with van der Waals surface area (Å²) in [7, 11) is 1.35. The van der Waals surface area contributed by atoms with Gasteiger partial charge in [0.2, 0.25) is 0 Å². The van der Waals surface area contributed by atoms with E-state index in [0.29, 0.717) is 11.0 Å². The van der Waals surface area contributed by atoms with Gasteiger partial charge in [-0.05, 0) is 42.7 Å². The van der Waals surface area contributed by atoms with Crippen molar-refractivity contribution < 1.29 is 14.5 Å². The van der Waals surface area contributed by atoms with Crippen LogP contribution in [0.15, 0.2) is 18.2 Å². The summed E-state index contributed by atoms with van der Waals surface area (Å²) in [5.41, 5.74) is 1.25. The smallest absolute Gasteiger partial charge is 0.311 e. The number of anilines is 1. The largest absolute Gasteiger partial charge is 0.490 e. The molecule has 0 radical (unpaired) electrons. The van der Waals surface area contributed by atoms with Gasteiger partial charge < -0.3 is 4.74 Å². The van der Waals surface area contributed by atoms with E-state index in [1.165, 1.54) is 41.5 Å². The minimum Gasteiger partial charge on any atom is -0.490 e. The summed E-state index contributed by atoms with van der Waals surface area (Å²) < 4.78 is 4.97. The van der Waals surface area contributed by atoms with Crippen LogP contribution in [0.3, 0.4) is 0 Å². The molecule has 144 valence electrons. The Kier molecular flexibility index (Phi) is 5.19. The number of aromatic nitrogens is 1. The molecule has 8 heteroatoms. The van der Waals surface area contributed by atoms with Crippen molar-refractivity contribution in [2.24, 2.45) is 11.3 Å². The minimum atomic E-state index is -0.565. The first kappa shape index (κ1) is 19.3. The number of fused-ring (bicyclic) bond motifs is 1. The molecule has 0 fully saturated rings. The lowest BCUT2D eigenvalue weighted by Crippen LogP contribution is -2.26. The first-order valence-corrected chi connectivity index (χ1v) is 9.63. The van der Waals surface area contributed by atoms with Gasteiger partial charge in [0.15, 0.2) is 10.9 Å². The van der Waals surface area contributed by atoms with Crippen molar-refractivity contribution in [1.82, 2.24) is 4.98 Å². The summed E-state index contributed by atoms with van der Waals surface area (Å²) in [6, 6.07) is 4.15. The summed E-state index contributed by atoms with van der Waals surface area (Å²) in [6.45, 7) is 6.76. The predicted octanol–water partition coefficient (Wildman–Crippen LogP) is 4.46. The van der Waals surface area contributed by atoms with E-state index >= 15 is 0 Å². The summed E-state index contributed by atoms with van der Waals surface area (Å²) in [5, 5.41) is 14.5. The van der Waals surface area contributed by atoms with Crippen molar-refractivity contribution in [1.29, 1.82) is 0 Å². The Hall–Kier alpha value is -2.48. The number of hydrogen-bond acceptors (Lipinski definition) is 6. The molecule has 1 atom stereocenters. The van der Waals surface area contributed by atoms with E-state index < -0.39 is 10.8 Å². The first-order valence-electron chi connectivity index (χ1n) is 8.81. The van der Waals surface area contributed by atoms with E-state index in [0.717, 1.165) is 25.0 Å². The standard InChI is InChI=1S/C19H23N3O4S/c1-19(2,3)12-6-7-13-16(10-12)27-18(20-13)21-17(23)11-5-8-15(26-4)14(9-11)22(24)25/h5,8-9,12H,6-7,10H2,1-4H3,(H,20,21,23). The topological polar surface area (TPSA) is 94.4 Å². The first-order chi connectivity index (χ1) is 12.7. The highest BCUT2D eigenvalue weighted by Gasteiger charge is 2.31. The van der Waals surface area contributed by atoms with Crippen LogP contribution in [-0.4, -0.2) is 22.9 Å².